The van der Waals surface area contributed by atoms with Gasteiger partial charge in [-0.1, -0.05) is 37.5 Å². The fourth-order valence-electron chi connectivity index (χ4n) is 1.32. The second-order valence-corrected chi connectivity index (χ2v) is 4.10. The Hall–Kier alpha value is -1.08. The Morgan fingerprint density at radius 3 is 2.62 bits per heavy atom. The molecular formula is C12H14S. The number of allylic oxidation sites excluding steroid dienone is 2. The van der Waals surface area contributed by atoms with E-state index in [0.29, 0.717) is 0 Å². The first-order valence-corrected chi connectivity index (χ1v) is 5.06. The van der Waals surface area contributed by atoms with Gasteiger partial charge in [0, 0.05) is 9.41 Å². The minimum atomic E-state index is 1.14. The molecule has 0 nitrogen and oxygen atoms in total. The summed E-state index contributed by atoms with van der Waals surface area (Å²) in [6.45, 7) is 11.8. The summed E-state index contributed by atoms with van der Waals surface area (Å²) in [5, 5.41) is 1.25. The summed E-state index contributed by atoms with van der Waals surface area (Å²) in [6.07, 6.45) is 7.94. The van der Waals surface area contributed by atoms with Crippen molar-refractivity contribution in [2.45, 2.75) is 13.8 Å². The number of hydrogen-bond acceptors (Lipinski definition) is 1. The summed E-state index contributed by atoms with van der Waals surface area (Å²) in [5.74, 6) is 0. The Kier molecular flexibility index (Phi) is 3.26. The molecule has 0 radical (unpaired) electrons. The van der Waals surface area contributed by atoms with Gasteiger partial charge < -0.3 is 0 Å². The third kappa shape index (κ3) is 1.99. The van der Waals surface area contributed by atoms with Crippen molar-refractivity contribution in [3.05, 3.63) is 38.9 Å². The Bertz CT molecular complexity index is 432. The molecule has 1 heteroatoms. The highest BCUT2D eigenvalue weighted by Gasteiger charge is 1.99. The van der Waals surface area contributed by atoms with E-state index in [4.69, 9.17) is 0 Å². The molecule has 0 aliphatic carbocycles. The lowest BCUT2D eigenvalue weighted by Gasteiger charge is -1.88. The topological polar surface area (TPSA) is 0 Å². The van der Waals surface area contributed by atoms with Gasteiger partial charge in [0.1, 0.15) is 0 Å². The lowest BCUT2D eigenvalue weighted by Crippen LogP contribution is -2.17. The number of hydrogen-bond donors (Lipinski definition) is 0. The average molecular weight is 190 g/mol. The van der Waals surface area contributed by atoms with Crippen molar-refractivity contribution in [2.75, 3.05) is 0 Å². The third-order valence-corrected chi connectivity index (χ3v) is 2.93. The molecule has 0 aromatic carbocycles. The molecule has 0 atom stereocenters. The molecule has 0 saturated heterocycles. The van der Waals surface area contributed by atoms with Crippen LogP contribution in [-0.4, -0.2) is 0 Å². The molecule has 0 saturated carbocycles. The molecule has 0 fully saturated rings. The SMILES string of the molecule is C=C/C=C\c1c(C)sc(=C)/c1=C\C. The molecule has 0 unspecified atom stereocenters. The van der Waals surface area contributed by atoms with E-state index in [9.17, 15) is 0 Å². The predicted molar refractivity (Wildman–Crippen MR) is 63.2 cm³/mol. The van der Waals surface area contributed by atoms with Gasteiger partial charge in [-0.2, -0.15) is 0 Å². The van der Waals surface area contributed by atoms with Crippen LogP contribution in [0.15, 0.2) is 18.7 Å². The highest BCUT2D eigenvalue weighted by Crippen LogP contribution is 2.07. The molecule has 0 aliphatic rings. The maximum absolute atomic E-state index is 4.01. The van der Waals surface area contributed by atoms with E-state index in [1.54, 1.807) is 17.4 Å². The fraction of sp³-hybridized carbons (Fsp3) is 0.167. The Balaban J connectivity index is 3.43. The molecule has 68 valence electrons. The fourth-order valence-corrected chi connectivity index (χ4v) is 2.32. The van der Waals surface area contributed by atoms with Crippen LogP contribution in [0.5, 0.6) is 0 Å². The van der Waals surface area contributed by atoms with Crippen LogP contribution in [-0.2, 0) is 0 Å². The van der Waals surface area contributed by atoms with Crippen LogP contribution in [0.2, 0.25) is 0 Å². The zero-order chi connectivity index (χ0) is 9.84. The van der Waals surface area contributed by atoms with E-state index < -0.39 is 0 Å². The standard InChI is InChI=1S/C12H14S/c1-5-7-8-12-10(4)13-9(3)11(12)6-2/h5-8H,1,3H2,2,4H3/b8-7-,11-6+. The van der Waals surface area contributed by atoms with Crippen molar-refractivity contribution in [3.63, 3.8) is 0 Å². The number of aryl methyl sites for hydroxylation is 1. The van der Waals surface area contributed by atoms with E-state index in [1.807, 2.05) is 13.0 Å². The van der Waals surface area contributed by atoms with Crippen LogP contribution >= 0.6 is 11.3 Å². The van der Waals surface area contributed by atoms with Gasteiger partial charge >= 0.3 is 0 Å². The molecule has 1 aromatic heterocycles. The van der Waals surface area contributed by atoms with Gasteiger partial charge in [0.15, 0.2) is 0 Å². The van der Waals surface area contributed by atoms with Crippen LogP contribution in [0, 0.1) is 6.92 Å². The minimum Gasteiger partial charge on any atom is -0.141 e. The predicted octanol–water partition coefficient (Wildman–Crippen LogP) is 2.47. The quantitative estimate of drug-likeness (QED) is 0.628. The second kappa shape index (κ2) is 4.24. The molecule has 1 heterocycles. The van der Waals surface area contributed by atoms with Gasteiger partial charge in [-0.25, -0.2) is 0 Å². The first-order chi connectivity index (χ1) is 6.20. The van der Waals surface area contributed by atoms with Crippen molar-refractivity contribution >= 4 is 30.1 Å². The van der Waals surface area contributed by atoms with Crippen molar-refractivity contribution < 1.29 is 0 Å². The maximum atomic E-state index is 4.01. The molecular weight excluding hydrogens is 176 g/mol. The summed E-state index contributed by atoms with van der Waals surface area (Å²) in [5.41, 5.74) is 1.28. The van der Waals surface area contributed by atoms with Crippen LogP contribution in [0.25, 0.3) is 18.7 Å². The Labute approximate surface area is 83.2 Å². The lowest BCUT2D eigenvalue weighted by atomic mass is 10.2. The molecule has 0 N–H and O–H groups in total. The number of thiophene rings is 1. The summed E-state index contributed by atoms with van der Waals surface area (Å²) >= 11 is 1.74. The Morgan fingerprint density at radius 2 is 2.08 bits per heavy atom. The first kappa shape index (κ1) is 10.0. The molecule has 1 rings (SSSR count). The van der Waals surface area contributed by atoms with Crippen LogP contribution in [0.3, 0.4) is 0 Å². The monoisotopic (exact) mass is 190 g/mol. The van der Waals surface area contributed by atoms with E-state index in [2.05, 4.69) is 32.2 Å². The van der Waals surface area contributed by atoms with Crippen LogP contribution in [0.1, 0.15) is 17.4 Å². The molecule has 0 aliphatic heterocycles. The summed E-state index contributed by atoms with van der Waals surface area (Å²) < 4.78 is 1.14. The van der Waals surface area contributed by atoms with Gasteiger partial charge in [0.05, 0.1) is 0 Å². The zero-order valence-corrected chi connectivity index (χ0v) is 8.95. The molecule has 0 amide bonds. The normalized spacial score (nSPS) is 12.6. The van der Waals surface area contributed by atoms with Gasteiger partial charge in [-0.05, 0) is 24.6 Å². The second-order valence-electron chi connectivity index (χ2n) is 2.79. The number of rotatable bonds is 2. The molecule has 0 bridgehead atoms. The minimum absolute atomic E-state index is 1.14. The van der Waals surface area contributed by atoms with Crippen molar-refractivity contribution in [1.29, 1.82) is 0 Å². The third-order valence-electron chi connectivity index (χ3n) is 1.93. The van der Waals surface area contributed by atoms with Gasteiger partial charge in [0.2, 0.25) is 0 Å². The van der Waals surface area contributed by atoms with E-state index in [-0.39, 0.29) is 0 Å². The summed E-state index contributed by atoms with van der Waals surface area (Å²) in [7, 11) is 0. The Morgan fingerprint density at radius 1 is 1.38 bits per heavy atom. The smallest absolute Gasteiger partial charge is 0.0276 e. The van der Waals surface area contributed by atoms with Crippen molar-refractivity contribution in [1.82, 2.24) is 0 Å². The lowest BCUT2D eigenvalue weighted by molar-refractivity contribution is 1.54. The zero-order valence-electron chi connectivity index (χ0n) is 8.13. The molecule has 13 heavy (non-hydrogen) atoms. The molecule has 0 spiro atoms. The summed E-state index contributed by atoms with van der Waals surface area (Å²) in [4.78, 5) is 1.32. The highest BCUT2D eigenvalue weighted by atomic mass is 32.1. The van der Waals surface area contributed by atoms with Crippen LogP contribution < -0.4 is 9.75 Å². The van der Waals surface area contributed by atoms with Gasteiger partial charge in [0.25, 0.3) is 0 Å². The largest absolute Gasteiger partial charge is 0.141 e. The van der Waals surface area contributed by atoms with E-state index in [1.165, 1.54) is 15.7 Å². The van der Waals surface area contributed by atoms with E-state index in [0.717, 1.165) is 4.53 Å². The van der Waals surface area contributed by atoms with Crippen molar-refractivity contribution in [3.8, 4) is 0 Å². The summed E-state index contributed by atoms with van der Waals surface area (Å²) in [6, 6.07) is 0. The van der Waals surface area contributed by atoms with Gasteiger partial charge in [-0.3, -0.25) is 0 Å². The van der Waals surface area contributed by atoms with E-state index >= 15 is 0 Å². The average Bonchev–Trinajstić information content (AvgIpc) is 2.37. The highest BCUT2D eigenvalue weighted by molar-refractivity contribution is 7.09. The van der Waals surface area contributed by atoms with Gasteiger partial charge in [-0.15, -0.1) is 11.3 Å². The van der Waals surface area contributed by atoms with Crippen molar-refractivity contribution in [2.24, 2.45) is 0 Å². The molecule has 1 aromatic rings. The van der Waals surface area contributed by atoms with Crippen LogP contribution in [0.4, 0.5) is 0 Å². The first-order valence-electron chi connectivity index (χ1n) is 4.24. The maximum Gasteiger partial charge on any atom is 0.0276 e.